The fraction of sp³-hybridized carbons (Fsp3) is 0.345. The number of likely N-dealkylation sites (tertiary alicyclic amines) is 1. The SMILES string of the molecule is CNc1ccn(-c2ccnc3c2cc([C@H](C)N2CC=C(c4c(C)cc(C(=O)N(C)c5ccc(C6CCN(Cc7ccc8c(c7)n(C)c(=O)n8[C@@H]7CCC(=O)NC7=O)CC6)cc5)cc4F)CC2)n3C)c(=O)c1. The summed E-state index contributed by atoms with van der Waals surface area (Å²) in [6, 6.07) is 24.0. The molecule has 366 valence electrons. The molecule has 0 radical (unpaired) electrons. The molecule has 3 aromatic carbocycles. The van der Waals surface area contributed by atoms with Crippen LogP contribution in [0.4, 0.5) is 15.8 Å². The zero-order chi connectivity index (χ0) is 49.8. The number of hydrogen-bond donors (Lipinski definition) is 2. The molecule has 71 heavy (non-hydrogen) atoms. The molecule has 0 aliphatic carbocycles. The predicted octanol–water partition coefficient (Wildman–Crippen LogP) is 7.35. The monoisotopic (exact) mass is 958 g/mol. The van der Waals surface area contributed by atoms with Crippen molar-refractivity contribution >= 4 is 56.7 Å². The van der Waals surface area contributed by atoms with Crippen LogP contribution in [-0.4, -0.2) is 91.0 Å². The van der Waals surface area contributed by atoms with Crippen molar-refractivity contribution in [1.82, 2.24) is 38.4 Å². The first kappa shape index (κ1) is 47.3. The van der Waals surface area contributed by atoms with Crippen molar-refractivity contribution in [2.24, 2.45) is 14.1 Å². The number of nitrogens with one attached hydrogen (secondary N) is 2. The summed E-state index contributed by atoms with van der Waals surface area (Å²) in [6.07, 6.45) is 8.68. The molecule has 2 atom stereocenters. The molecule has 3 aliphatic rings. The quantitative estimate of drug-likeness (QED) is 0.127. The highest BCUT2D eigenvalue weighted by Crippen LogP contribution is 2.36. The summed E-state index contributed by atoms with van der Waals surface area (Å²) in [4.78, 5) is 75.5. The summed E-state index contributed by atoms with van der Waals surface area (Å²) in [5.74, 6) is -1.08. The third-order valence-electron chi connectivity index (χ3n) is 15.2. The predicted molar refractivity (Wildman–Crippen MR) is 275 cm³/mol. The van der Waals surface area contributed by atoms with E-state index in [4.69, 9.17) is 0 Å². The van der Waals surface area contributed by atoms with Crippen LogP contribution < -0.4 is 26.8 Å². The Balaban J connectivity index is 0.754. The number of carbonyl (C=O) groups excluding carboxylic acids is 3. The molecule has 15 nitrogen and oxygen atoms in total. The second-order valence-electron chi connectivity index (χ2n) is 19.4. The molecule has 2 N–H and O–H groups in total. The van der Waals surface area contributed by atoms with Gasteiger partial charge in [0.05, 0.1) is 16.7 Å². The zero-order valence-corrected chi connectivity index (χ0v) is 41.0. The van der Waals surface area contributed by atoms with Gasteiger partial charge in [0, 0.05) is 112 Å². The van der Waals surface area contributed by atoms with Crippen molar-refractivity contribution in [2.45, 2.75) is 70.5 Å². The number of fused-ring (bicyclic) bond motifs is 2. The molecule has 3 amide bonds. The van der Waals surface area contributed by atoms with E-state index in [2.05, 4.69) is 61.2 Å². The lowest BCUT2D eigenvalue weighted by Gasteiger charge is -2.32. The highest BCUT2D eigenvalue weighted by atomic mass is 19.1. The Morgan fingerprint density at radius 3 is 2.37 bits per heavy atom. The van der Waals surface area contributed by atoms with Crippen molar-refractivity contribution in [2.75, 3.05) is 50.5 Å². The topological polar surface area (TPSA) is 152 Å². The highest BCUT2D eigenvalue weighted by Gasteiger charge is 2.32. The third kappa shape index (κ3) is 8.79. The van der Waals surface area contributed by atoms with Crippen LogP contribution in [0, 0.1) is 12.7 Å². The molecular weight excluding hydrogens is 900 g/mol. The first-order valence-electron chi connectivity index (χ1n) is 24.4. The molecule has 10 rings (SSSR count). The Labute approximate surface area is 410 Å². The number of imidazole rings is 1. The molecule has 0 unspecified atom stereocenters. The molecule has 2 fully saturated rings. The first-order chi connectivity index (χ1) is 34.2. The van der Waals surface area contributed by atoms with Crippen molar-refractivity contribution in [3.63, 3.8) is 0 Å². The van der Waals surface area contributed by atoms with E-state index >= 15 is 4.39 Å². The Bertz CT molecular complexity index is 3390. The van der Waals surface area contributed by atoms with Crippen LogP contribution in [-0.2, 0) is 30.2 Å². The van der Waals surface area contributed by atoms with Crippen LogP contribution >= 0.6 is 0 Å². The number of carbonyl (C=O) groups is 3. The normalized spacial score (nSPS) is 17.7. The van der Waals surface area contributed by atoms with Gasteiger partial charge in [-0.1, -0.05) is 24.3 Å². The summed E-state index contributed by atoms with van der Waals surface area (Å²) in [7, 11) is 7.22. The molecule has 16 heteroatoms. The molecular formula is C55H59FN10O5. The average Bonchev–Trinajstić information content (AvgIpc) is 3.84. The van der Waals surface area contributed by atoms with Crippen LogP contribution in [0.5, 0.6) is 0 Å². The molecule has 7 heterocycles. The lowest BCUT2D eigenvalue weighted by molar-refractivity contribution is -0.135. The van der Waals surface area contributed by atoms with E-state index in [-0.39, 0.29) is 35.5 Å². The number of aryl methyl sites for hydroxylation is 3. The van der Waals surface area contributed by atoms with E-state index < -0.39 is 17.8 Å². The van der Waals surface area contributed by atoms with Gasteiger partial charge in [-0.3, -0.25) is 48.0 Å². The number of imide groups is 1. The van der Waals surface area contributed by atoms with Gasteiger partial charge in [-0.2, -0.15) is 0 Å². The summed E-state index contributed by atoms with van der Waals surface area (Å²) < 4.78 is 23.0. The van der Waals surface area contributed by atoms with E-state index in [0.717, 1.165) is 88.5 Å². The number of aromatic nitrogens is 5. The summed E-state index contributed by atoms with van der Waals surface area (Å²) >= 11 is 0. The lowest BCUT2D eigenvalue weighted by atomic mass is 9.89. The fourth-order valence-corrected chi connectivity index (χ4v) is 11.1. The van der Waals surface area contributed by atoms with Gasteiger partial charge in [-0.25, -0.2) is 14.2 Å². The zero-order valence-electron chi connectivity index (χ0n) is 41.0. The number of rotatable bonds is 11. The standard InChI is InChI=1S/C55H59FN10O5/c1-33-27-39(29-43(56)51(33)38-18-24-64(25-19-38)34(2)47-31-42-44(15-21-58-52(42)61(47)5)65-26-20-40(57-3)30-50(65)68)54(70)60(4)41-10-8-36(9-11-41)37-16-22-63(23-17-37)32-35-7-12-45-48(28-35)62(6)55(71)66(45)46-13-14-49(67)59-53(46)69/h7-12,15,18,20-21,26-31,34,37,46,57H,13-14,16-17,19,22-25,32H2,1-6H3,(H,59,67,69)/t34-,46+/m0/s1. The van der Waals surface area contributed by atoms with E-state index in [9.17, 15) is 24.0 Å². The number of halogens is 1. The smallest absolute Gasteiger partial charge is 0.329 e. The minimum atomic E-state index is -0.714. The van der Waals surface area contributed by atoms with Crippen LogP contribution in [0.2, 0.25) is 0 Å². The van der Waals surface area contributed by atoms with Crippen molar-refractivity contribution < 1.29 is 18.8 Å². The van der Waals surface area contributed by atoms with Gasteiger partial charge in [0.15, 0.2) is 0 Å². The lowest BCUT2D eigenvalue weighted by Crippen LogP contribution is -2.44. The summed E-state index contributed by atoms with van der Waals surface area (Å²) in [5, 5.41) is 6.27. The number of amides is 3. The van der Waals surface area contributed by atoms with E-state index in [1.807, 2.05) is 56.4 Å². The fourth-order valence-electron chi connectivity index (χ4n) is 11.1. The second kappa shape index (κ2) is 19.1. The largest absolute Gasteiger partial charge is 0.388 e. The Morgan fingerprint density at radius 1 is 0.901 bits per heavy atom. The molecule has 7 aromatic rings. The Kier molecular flexibility index (Phi) is 12.7. The van der Waals surface area contributed by atoms with Crippen molar-refractivity contribution in [1.29, 1.82) is 0 Å². The highest BCUT2D eigenvalue weighted by molar-refractivity contribution is 6.06. The number of anilines is 2. The number of benzene rings is 3. The molecule has 2 saturated heterocycles. The van der Waals surface area contributed by atoms with Gasteiger partial charge >= 0.3 is 5.69 Å². The molecule has 0 saturated carbocycles. The third-order valence-corrected chi connectivity index (χ3v) is 15.2. The summed E-state index contributed by atoms with van der Waals surface area (Å²) in [5.41, 5.74) is 9.91. The van der Waals surface area contributed by atoms with Crippen LogP contribution in [0.25, 0.3) is 33.3 Å². The van der Waals surface area contributed by atoms with Gasteiger partial charge < -0.3 is 14.8 Å². The number of pyridine rings is 2. The molecule has 0 spiro atoms. The average molecular weight is 959 g/mol. The van der Waals surface area contributed by atoms with E-state index in [1.54, 1.807) is 59.7 Å². The molecule has 0 bridgehead atoms. The maximum atomic E-state index is 16.1. The second-order valence-corrected chi connectivity index (χ2v) is 19.4. The van der Waals surface area contributed by atoms with E-state index in [1.165, 1.54) is 16.2 Å². The van der Waals surface area contributed by atoms with Crippen LogP contribution in [0.1, 0.15) is 95.3 Å². The van der Waals surface area contributed by atoms with Gasteiger partial charge in [0.25, 0.3) is 11.5 Å². The summed E-state index contributed by atoms with van der Waals surface area (Å²) in [6.45, 7) is 7.89. The van der Waals surface area contributed by atoms with Gasteiger partial charge in [-0.15, -0.1) is 0 Å². The van der Waals surface area contributed by atoms with Gasteiger partial charge in [0.2, 0.25) is 11.8 Å². The first-order valence-corrected chi connectivity index (χ1v) is 24.4. The van der Waals surface area contributed by atoms with Crippen LogP contribution in [0.3, 0.4) is 0 Å². The molecule has 4 aromatic heterocycles. The Hall–Kier alpha value is -7.43. The minimum absolute atomic E-state index is 0.0160. The number of nitrogens with zero attached hydrogens (tertiary/aromatic N) is 8. The maximum absolute atomic E-state index is 16.1. The van der Waals surface area contributed by atoms with Gasteiger partial charge in [-0.05, 0) is 135 Å². The van der Waals surface area contributed by atoms with Gasteiger partial charge in [0.1, 0.15) is 17.5 Å². The Morgan fingerprint density at radius 2 is 1.68 bits per heavy atom. The van der Waals surface area contributed by atoms with Crippen molar-refractivity contribution in [3.8, 4) is 5.69 Å². The van der Waals surface area contributed by atoms with Crippen molar-refractivity contribution in [3.05, 3.63) is 157 Å². The maximum Gasteiger partial charge on any atom is 0.329 e. The minimum Gasteiger partial charge on any atom is -0.388 e. The van der Waals surface area contributed by atoms with E-state index in [0.29, 0.717) is 48.5 Å². The number of hydrogen-bond acceptors (Lipinski definition) is 9. The van der Waals surface area contributed by atoms with Crippen LogP contribution in [0.15, 0.2) is 107 Å². The number of piperidine rings is 2. The molecule has 3 aliphatic heterocycles.